The molecule has 1 aromatic carbocycles. The summed E-state index contributed by atoms with van der Waals surface area (Å²) < 4.78 is 0. The molecule has 0 spiro atoms. The molecular weight excluding hydrogens is 226 g/mol. The van der Waals surface area contributed by atoms with Gasteiger partial charge in [-0.1, -0.05) is 29.8 Å². The van der Waals surface area contributed by atoms with Crippen LogP contribution in [0.15, 0.2) is 54.9 Å². The SMILES string of the molecule is OOCc1cccc(Cl)c1.c1ccncc1. The topological polar surface area (TPSA) is 42.4 Å². The van der Waals surface area contributed by atoms with Gasteiger partial charge in [-0.15, -0.1) is 0 Å². The first kappa shape index (κ1) is 12.6. The number of hydrogen-bond donors (Lipinski definition) is 1. The molecule has 0 aliphatic rings. The van der Waals surface area contributed by atoms with E-state index in [2.05, 4.69) is 9.87 Å². The van der Waals surface area contributed by atoms with E-state index in [0.717, 1.165) is 5.56 Å². The molecule has 3 nitrogen and oxygen atoms in total. The van der Waals surface area contributed by atoms with Gasteiger partial charge in [-0.05, 0) is 29.8 Å². The first-order chi connectivity index (χ1) is 7.83. The highest BCUT2D eigenvalue weighted by Crippen LogP contribution is 2.10. The molecule has 0 atom stereocenters. The minimum atomic E-state index is 0.181. The molecule has 0 fully saturated rings. The lowest BCUT2D eigenvalue weighted by atomic mass is 10.2. The van der Waals surface area contributed by atoms with Crippen LogP contribution in [0.4, 0.5) is 0 Å². The van der Waals surface area contributed by atoms with Crippen LogP contribution in [-0.2, 0) is 11.5 Å². The third-order valence-corrected chi connectivity index (χ3v) is 1.92. The highest BCUT2D eigenvalue weighted by atomic mass is 35.5. The molecule has 0 radical (unpaired) electrons. The Bertz CT molecular complexity index is 369. The standard InChI is InChI=1S/C7H7ClO2.C5H5N/c8-7-3-1-2-6(4-7)5-10-9;1-2-4-6-5-3-1/h1-4,9H,5H2;1-5H. The summed E-state index contributed by atoms with van der Waals surface area (Å²) in [6.45, 7) is 0.181. The fourth-order valence-electron chi connectivity index (χ4n) is 1.01. The summed E-state index contributed by atoms with van der Waals surface area (Å²) in [5.41, 5.74) is 0.856. The van der Waals surface area contributed by atoms with E-state index in [-0.39, 0.29) is 6.61 Å². The van der Waals surface area contributed by atoms with Gasteiger partial charge in [0.1, 0.15) is 6.61 Å². The maximum Gasteiger partial charge on any atom is 0.107 e. The Morgan fingerprint density at radius 1 is 1.12 bits per heavy atom. The van der Waals surface area contributed by atoms with Crippen molar-refractivity contribution in [2.45, 2.75) is 6.61 Å². The van der Waals surface area contributed by atoms with Crippen molar-refractivity contribution < 1.29 is 10.1 Å². The second kappa shape index (κ2) is 7.82. The molecule has 0 amide bonds. The lowest BCUT2D eigenvalue weighted by Gasteiger charge is -1.96. The van der Waals surface area contributed by atoms with E-state index in [9.17, 15) is 0 Å². The normalized spacial score (nSPS) is 9.12. The molecule has 0 aliphatic heterocycles. The summed E-state index contributed by atoms with van der Waals surface area (Å²) in [4.78, 5) is 7.71. The van der Waals surface area contributed by atoms with E-state index in [1.807, 2.05) is 24.3 Å². The molecule has 84 valence electrons. The van der Waals surface area contributed by atoms with E-state index in [4.69, 9.17) is 16.9 Å². The van der Waals surface area contributed by atoms with Gasteiger partial charge in [-0.3, -0.25) is 10.2 Å². The number of halogens is 1. The van der Waals surface area contributed by atoms with Crippen molar-refractivity contribution in [1.29, 1.82) is 0 Å². The molecule has 2 aromatic rings. The van der Waals surface area contributed by atoms with E-state index < -0.39 is 0 Å². The molecule has 1 N–H and O–H groups in total. The van der Waals surface area contributed by atoms with Gasteiger partial charge in [0.25, 0.3) is 0 Å². The number of hydrogen-bond acceptors (Lipinski definition) is 3. The summed E-state index contributed by atoms with van der Waals surface area (Å²) in [5.74, 6) is 0. The van der Waals surface area contributed by atoms with Crippen molar-refractivity contribution in [3.05, 3.63) is 65.4 Å². The zero-order valence-electron chi connectivity index (χ0n) is 8.58. The Labute approximate surface area is 99.2 Å². The summed E-state index contributed by atoms with van der Waals surface area (Å²) in [5, 5.41) is 8.72. The van der Waals surface area contributed by atoms with Crippen LogP contribution < -0.4 is 0 Å². The van der Waals surface area contributed by atoms with E-state index in [0.29, 0.717) is 5.02 Å². The predicted octanol–water partition coefficient (Wildman–Crippen LogP) is 3.41. The van der Waals surface area contributed by atoms with Crippen LogP contribution in [0.2, 0.25) is 5.02 Å². The molecule has 4 heteroatoms. The third kappa shape index (κ3) is 5.46. The van der Waals surface area contributed by atoms with Crippen LogP contribution in [0, 0.1) is 0 Å². The van der Waals surface area contributed by atoms with Crippen LogP contribution in [0.1, 0.15) is 5.56 Å². The van der Waals surface area contributed by atoms with Crippen LogP contribution in [0.5, 0.6) is 0 Å². The van der Waals surface area contributed by atoms with Crippen molar-refractivity contribution in [2.24, 2.45) is 0 Å². The minimum Gasteiger partial charge on any atom is -0.265 e. The quantitative estimate of drug-likeness (QED) is 0.643. The van der Waals surface area contributed by atoms with Crippen LogP contribution in [-0.4, -0.2) is 10.2 Å². The van der Waals surface area contributed by atoms with Crippen LogP contribution in [0.25, 0.3) is 0 Å². The highest BCUT2D eigenvalue weighted by molar-refractivity contribution is 6.30. The molecule has 0 aliphatic carbocycles. The monoisotopic (exact) mass is 237 g/mol. The number of rotatable bonds is 2. The van der Waals surface area contributed by atoms with Gasteiger partial charge in [0.05, 0.1) is 0 Å². The van der Waals surface area contributed by atoms with Crippen molar-refractivity contribution >= 4 is 11.6 Å². The Morgan fingerprint density at radius 3 is 2.31 bits per heavy atom. The fourth-order valence-corrected chi connectivity index (χ4v) is 1.23. The number of pyridine rings is 1. The van der Waals surface area contributed by atoms with Gasteiger partial charge in [-0.25, -0.2) is 4.89 Å². The van der Waals surface area contributed by atoms with E-state index in [1.165, 1.54) is 0 Å². The molecular formula is C12H12ClNO2. The Hall–Kier alpha value is -1.42. The summed E-state index contributed by atoms with van der Waals surface area (Å²) in [6, 6.07) is 12.8. The highest BCUT2D eigenvalue weighted by Gasteiger charge is 1.91. The van der Waals surface area contributed by atoms with E-state index >= 15 is 0 Å². The van der Waals surface area contributed by atoms with Crippen LogP contribution in [0.3, 0.4) is 0 Å². The summed E-state index contributed by atoms with van der Waals surface area (Å²) >= 11 is 5.64. The van der Waals surface area contributed by atoms with Gasteiger partial charge in [0.15, 0.2) is 0 Å². The smallest absolute Gasteiger partial charge is 0.107 e. The maximum absolute atomic E-state index is 8.07. The van der Waals surface area contributed by atoms with Crippen molar-refractivity contribution in [2.75, 3.05) is 0 Å². The number of benzene rings is 1. The van der Waals surface area contributed by atoms with Gasteiger partial charge >= 0.3 is 0 Å². The molecule has 1 heterocycles. The predicted molar refractivity (Wildman–Crippen MR) is 63.1 cm³/mol. The molecule has 16 heavy (non-hydrogen) atoms. The Kier molecular flexibility index (Phi) is 6.18. The lowest BCUT2D eigenvalue weighted by molar-refractivity contribution is -0.253. The summed E-state index contributed by atoms with van der Waals surface area (Å²) in [6.07, 6.45) is 3.50. The molecule has 2 rings (SSSR count). The zero-order valence-corrected chi connectivity index (χ0v) is 9.34. The molecule has 0 bridgehead atoms. The van der Waals surface area contributed by atoms with Crippen LogP contribution >= 0.6 is 11.6 Å². The van der Waals surface area contributed by atoms with Gasteiger partial charge in [0.2, 0.25) is 0 Å². The molecule has 0 saturated heterocycles. The van der Waals surface area contributed by atoms with Crippen molar-refractivity contribution in [3.63, 3.8) is 0 Å². The van der Waals surface area contributed by atoms with Crippen molar-refractivity contribution in [1.82, 2.24) is 4.98 Å². The average molecular weight is 238 g/mol. The summed E-state index contributed by atoms with van der Waals surface area (Å²) in [7, 11) is 0. The molecule has 0 unspecified atom stereocenters. The van der Waals surface area contributed by atoms with E-state index in [1.54, 1.807) is 30.6 Å². The molecule has 1 aromatic heterocycles. The van der Waals surface area contributed by atoms with Gasteiger partial charge in [0, 0.05) is 17.4 Å². The first-order valence-electron chi connectivity index (χ1n) is 4.68. The largest absolute Gasteiger partial charge is 0.265 e. The minimum absolute atomic E-state index is 0.181. The maximum atomic E-state index is 8.07. The Balaban J connectivity index is 0.000000181. The number of aromatic nitrogens is 1. The van der Waals surface area contributed by atoms with Gasteiger partial charge in [-0.2, -0.15) is 0 Å². The fraction of sp³-hybridized carbons (Fsp3) is 0.0833. The second-order valence-electron chi connectivity index (χ2n) is 2.93. The Morgan fingerprint density at radius 2 is 1.88 bits per heavy atom. The van der Waals surface area contributed by atoms with Gasteiger partial charge < -0.3 is 0 Å². The first-order valence-corrected chi connectivity index (χ1v) is 5.06. The second-order valence-corrected chi connectivity index (χ2v) is 3.36. The lowest BCUT2D eigenvalue weighted by Crippen LogP contribution is -1.85. The number of nitrogens with zero attached hydrogens (tertiary/aromatic N) is 1. The average Bonchev–Trinajstić information content (AvgIpc) is 2.33. The molecule has 0 saturated carbocycles. The zero-order chi connectivity index (χ0) is 11.6. The third-order valence-electron chi connectivity index (χ3n) is 1.69. The van der Waals surface area contributed by atoms with Crippen molar-refractivity contribution in [3.8, 4) is 0 Å².